The van der Waals surface area contributed by atoms with Gasteiger partial charge in [-0.2, -0.15) is 0 Å². The van der Waals surface area contributed by atoms with E-state index in [-0.39, 0.29) is 24.7 Å². The Morgan fingerprint density at radius 2 is 2.10 bits per heavy atom. The van der Waals surface area contributed by atoms with Gasteiger partial charge in [0.2, 0.25) is 0 Å². The lowest BCUT2D eigenvalue weighted by atomic mass is 10.0. The number of rotatable bonds is 9. The average molecular weight is 405 g/mol. The lowest BCUT2D eigenvalue weighted by Crippen LogP contribution is -2.49. The lowest BCUT2D eigenvalue weighted by Gasteiger charge is -2.18. The molecule has 0 saturated heterocycles. The molecule has 0 saturated carbocycles. The summed E-state index contributed by atoms with van der Waals surface area (Å²) in [6, 6.07) is 4.72. The highest BCUT2D eigenvalue weighted by atomic mass is 16.6. The van der Waals surface area contributed by atoms with E-state index in [4.69, 9.17) is 5.21 Å². The first-order valence-corrected chi connectivity index (χ1v) is 8.89. The Morgan fingerprint density at radius 1 is 1.34 bits per heavy atom. The van der Waals surface area contributed by atoms with E-state index in [0.717, 1.165) is 0 Å². The van der Waals surface area contributed by atoms with E-state index in [2.05, 4.69) is 20.9 Å². The van der Waals surface area contributed by atoms with E-state index in [1.165, 1.54) is 22.3 Å². The van der Waals surface area contributed by atoms with Crippen LogP contribution in [0.15, 0.2) is 30.5 Å². The van der Waals surface area contributed by atoms with Gasteiger partial charge in [0.05, 0.1) is 24.2 Å². The van der Waals surface area contributed by atoms with Crippen LogP contribution in [-0.4, -0.2) is 43.1 Å². The Labute approximate surface area is 166 Å². The van der Waals surface area contributed by atoms with E-state index < -0.39 is 22.9 Å². The Hall–Kier alpha value is -3.54. The maximum Gasteiger partial charge on any atom is 0.315 e. The zero-order valence-electron chi connectivity index (χ0n) is 16.0. The molecule has 0 bridgehead atoms. The number of carbonyl (C=O) groups excluding carboxylic acids is 2. The van der Waals surface area contributed by atoms with Crippen LogP contribution in [-0.2, 0) is 17.9 Å². The SMILES string of the molecule is CC(C)C[C@H](NC(=O)NCc1cn(Cc2cccc([N+](=O)[O-])c2)nn1)C(=O)NO. The van der Waals surface area contributed by atoms with Crippen LogP contribution < -0.4 is 16.1 Å². The standard InChI is InChI=1S/C17H23N7O5/c1-11(2)6-15(16(25)21-27)19-17(26)18-8-13-10-23(22-20-13)9-12-4-3-5-14(7-12)24(28)29/h3-5,7,10-11,15,27H,6,8-9H2,1-2H3,(H,21,25)(H2,18,19,26)/t15-/m0/s1. The Kier molecular flexibility index (Phi) is 7.60. The molecule has 0 fully saturated rings. The Balaban J connectivity index is 1.89. The number of urea groups is 1. The number of hydrogen-bond acceptors (Lipinski definition) is 7. The van der Waals surface area contributed by atoms with Gasteiger partial charge in [-0.05, 0) is 17.9 Å². The normalized spacial score (nSPS) is 11.7. The van der Waals surface area contributed by atoms with Crippen LogP contribution in [0.2, 0.25) is 0 Å². The number of nitrogens with one attached hydrogen (secondary N) is 3. The third-order valence-electron chi connectivity index (χ3n) is 3.92. The highest BCUT2D eigenvalue weighted by Crippen LogP contribution is 2.14. The summed E-state index contributed by atoms with van der Waals surface area (Å²) in [5.74, 6) is -0.567. The first-order valence-electron chi connectivity index (χ1n) is 8.89. The summed E-state index contributed by atoms with van der Waals surface area (Å²) in [6.45, 7) is 4.12. The third-order valence-corrected chi connectivity index (χ3v) is 3.92. The molecule has 0 aliphatic rings. The molecule has 12 heteroatoms. The highest BCUT2D eigenvalue weighted by molar-refractivity contribution is 5.86. The summed E-state index contributed by atoms with van der Waals surface area (Å²) in [5, 5.41) is 32.6. The van der Waals surface area contributed by atoms with E-state index >= 15 is 0 Å². The van der Waals surface area contributed by atoms with Gasteiger partial charge in [-0.15, -0.1) is 5.10 Å². The van der Waals surface area contributed by atoms with Crippen LogP contribution in [0.5, 0.6) is 0 Å². The summed E-state index contributed by atoms with van der Waals surface area (Å²) in [5.41, 5.74) is 2.69. The molecule has 29 heavy (non-hydrogen) atoms. The molecule has 0 radical (unpaired) electrons. The van der Waals surface area contributed by atoms with Crippen molar-refractivity contribution >= 4 is 17.6 Å². The fraction of sp³-hybridized carbons (Fsp3) is 0.412. The third kappa shape index (κ3) is 6.84. The number of nitrogens with zero attached hydrogens (tertiary/aromatic N) is 4. The maximum atomic E-state index is 12.0. The summed E-state index contributed by atoms with van der Waals surface area (Å²) < 4.78 is 1.49. The molecule has 0 unspecified atom stereocenters. The van der Waals surface area contributed by atoms with Crippen molar-refractivity contribution in [3.05, 3.63) is 51.8 Å². The monoisotopic (exact) mass is 405 g/mol. The number of amides is 3. The second-order valence-electron chi connectivity index (χ2n) is 6.82. The van der Waals surface area contributed by atoms with Crippen molar-refractivity contribution in [2.75, 3.05) is 0 Å². The summed E-state index contributed by atoms with van der Waals surface area (Å²) in [4.78, 5) is 34.0. The molecule has 12 nitrogen and oxygen atoms in total. The summed E-state index contributed by atoms with van der Waals surface area (Å²) >= 11 is 0. The quantitative estimate of drug-likeness (QED) is 0.274. The summed E-state index contributed by atoms with van der Waals surface area (Å²) in [7, 11) is 0. The van der Waals surface area contributed by atoms with E-state index in [0.29, 0.717) is 17.7 Å². The number of hydrogen-bond donors (Lipinski definition) is 4. The minimum absolute atomic E-state index is 0.0101. The van der Waals surface area contributed by atoms with Crippen LogP contribution in [0.1, 0.15) is 31.5 Å². The topological polar surface area (TPSA) is 164 Å². The van der Waals surface area contributed by atoms with Gasteiger partial charge in [0.25, 0.3) is 11.6 Å². The molecule has 1 aromatic heterocycles. The zero-order chi connectivity index (χ0) is 21.4. The molecule has 1 atom stereocenters. The average Bonchev–Trinajstić information content (AvgIpc) is 3.12. The van der Waals surface area contributed by atoms with Gasteiger partial charge in [-0.1, -0.05) is 31.2 Å². The van der Waals surface area contributed by atoms with Crippen LogP contribution in [0.4, 0.5) is 10.5 Å². The number of aromatic nitrogens is 3. The van der Waals surface area contributed by atoms with Gasteiger partial charge in [-0.25, -0.2) is 15.0 Å². The number of hydroxylamine groups is 1. The molecule has 3 amide bonds. The molecule has 0 aliphatic heterocycles. The number of benzene rings is 1. The van der Waals surface area contributed by atoms with Crippen LogP contribution in [0.25, 0.3) is 0 Å². The minimum atomic E-state index is -0.871. The number of nitro groups is 1. The fourth-order valence-electron chi connectivity index (χ4n) is 2.61. The van der Waals surface area contributed by atoms with Gasteiger partial charge in [0.15, 0.2) is 0 Å². The summed E-state index contributed by atoms with van der Waals surface area (Å²) in [6.07, 6.45) is 1.96. The molecule has 4 N–H and O–H groups in total. The fourth-order valence-corrected chi connectivity index (χ4v) is 2.61. The second kappa shape index (κ2) is 10.1. The van der Waals surface area contributed by atoms with Crippen molar-refractivity contribution in [1.29, 1.82) is 0 Å². The Morgan fingerprint density at radius 3 is 2.76 bits per heavy atom. The van der Waals surface area contributed by atoms with Crippen LogP contribution >= 0.6 is 0 Å². The molecule has 2 rings (SSSR count). The van der Waals surface area contributed by atoms with Gasteiger partial charge in [0, 0.05) is 12.1 Å². The first kappa shape index (κ1) is 21.8. The molecule has 2 aromatic rings. The lowest BCUT2D eigenvalue weighted by molar-refractivity contribution is -0.384. The van der Waals surface area contributed by atoms with Gasteiger partial charge in [0.1, 0.15) is 11.7 Å². The molecular formula is C17H23N7O5. The molecule has 156 valence electrons. The van der Waals surface area contributed by atoms with E-state index in [1.54, 1.807) is 18.3 Å². The minimum Gasteiger partial charge on any atom is -0.332 e. The first-order chi connectivity index (χ1) is 13.8. The smallest absolute Gasteiger partial charge is 0.315 e. The van der Waals surface area contributed by atoms with Gasteiger partial charge >= 0.3 is 6.03 Å². The molecule has 1 heterocycles. The predicted molar refractivity (Wildman–Crippen MR) is 101 cm³/mol. The number of nitro benzene ring substituents is 1. The molecule has 1 aromatic carbocycles. The Bertz CT molecular complexity index is 867. The van der Waals surface area contributed by atoms with Crippen molar-refractivity contribution in [3.8, 4) is 0 Å². The van der Waals surface area contributed by atoms with Crippen molar-refractivity contribution in [2.45, 2.75) is 39.4 Å². The number of carbonyl (C=O) groups is 2. The zero-order valence-corrected chi connectivity index (χ0v) is 16.0. The molecular weight excluding hydrogens is 382 g/mol. The second-order valence-corrected chi connectivity index (χ2v) is 6.82. The van der Waals surface area contributed by atoms with Crippen molar-refractivity contribution in [2.24, 2.45) is 5.92 Å². The highest BCUT2D eigenvalue weighted by Gasteiger charge is 2.21. The van der Waals surface area contributed by atoms with Crippen molar-refractivity contribution < 1.29 is 19.7 Å². The predicted octanol–water partition coefficient (Wildman–Crippen LogP) is 0.954. The molecule has 0 aliphatic carbocycles. The largest absolute Gasteiger partial charge is 0.332 e. The molecule has 0 spiro atoms. The van der Waals surface area contributed by atoms with Crippen molar-refractivity contribution in [3.63, 3.8) is 0 Å². The maximum absolute atomic E-state index is 12.0. The van der Waals surface area contributed by atoms with Crippen LogP contribution in [0.3, 0.4) is 0 Å². The van der Waals surface area contributed by atoms with Crippen molar-refractivity contribution in [1.82, 2.24) is 31.1 Å². The van der Waals surface area contributed by atoms with Crippen LogP contribution in [0, 0.1) is 16.0 Å². The van der Waals surface area contributed by atoms with Gasteiger partial charge < -0.3 is 10.6 Å². The number of non-ortho nitro benzene ring substituents is 1. The van der Waals surface area contributed by atoms with E-state index in [1.807, 2.05) is 13.8 Å². The van der Waals surface area contributed by atoms with Gasteiger partial charge in [-0.3, -0.25) is 20.1 Å². The van der Waals surface area contributed by atoms with E-state index in [9.17, 15) is 19.7 Å².